The maximum absolute atomic E-state index is 13.5. The molecule has 0 heterocycles. The second-order valence-electron chi connectivity index (χ2n) is 10.5. The van der Waals surface area contributed by atoms with E-state index in [9.17, 15) is 4.79 Å². The van der Waals surface area contributed by atoms with Crippen LogP contribution in [-0.4, -0.2) is 12.9 Å². The van der Waals surface area contributed by atoms with Crippen molar-refractivity contribution in [2.75, 3.05) is 7.11 Å². The zero-order valence-corrected chi connectivity index (χ0v) is 19.6. The Labute approximate surface area is 176 Å². The van der Waals surface area contributed by atoms with Crippen LogP contribution < -0.4 is 4.74 Å². The number of rotatable bonds is 4. The van der Waals surface area contributed by atoms with Gasteiger partial charge in [0, 0.05) is 16.5 Å². The average molecular weight is 393 g/mol. The van der Waals surface area contributed by atoms with E-state index < -0.39 is 5.41 Å². The third-order valence-corrected chi connectivity index (χ3v) is 7.03. The van der Waals surface area contributed by atoms with Crippen molar-refractivity contribution >= 4 is 5.78 Å². The van der Waals surface area contributed by atoms with Gasteiger partial charge in [-0.1, -0.05) is 73.6 Å². The smallest absolute Gasteiger partial charge is 0.169 e. The number of hydrogen-bond donors (Lipinski definition) is 0. The molecule has 156 valence electrons. The first-order valence-electron chi connectivity index (χ1n) is 10.8. The molecule has 2 aromatic carbocycles. The quantitative estimate of drug-likeness (QED) is 0.542. The molecule has 0 saturated heterocycles. The minimum atomic E-state index is -0.410. The average Bonchev–Trinajstić information content (AvgIpc) is 2.92. The molecule has 1 aliphatic rings. The molecular formula is C27H36O2. The lowest BCUT2D eigenvalue weighted by Crippen LogP contribution is -2.38. The fraction of sp³-hybridized carbons (Fsp3) is 0.519. The molecule has 2 nitrogen and oxygen atoms in total. The Balaban J connectivity index is 2.30. The molecule has 0 N–H and O–H groups in total. The zero-order valence-electron chi connectivity index (χ0n) is 19.6. The van der Waals surface area contributed by atoms with Gasteiger partial charge >= 0.3 is 0 Å². The highest BCUT2D eigenvalue weighted by Crippen LogP contribution is 2.52. The van der Waals surface area contributed by atoms with Crippen molar-refractivity contribution in [1.29, 1.82) is 0 Å². The Morgan fingerprint density at radius 3 is 1.97 bits per heavy atom. The predicted molar refractivity (Wildman–Crippen MR) is 122 cm³/mol. The molecule has 0 saturated carbocycles. The van der Waals surface area contributed by atoms with Gasteiger partial charge in [0.15, 0.2) is 5.78 Å². The molecule has 0 aromatic heterocycles. The number of Topliss-reactive ketones (excluding diaryl/α,β-unsaturated/α-hetero) is 1. The number of ether oxygens (including phenoxy) is 1. The van der Waals surface area contributed by atoms with Crippen LogP contribution in [-0.2, 0) is 6.42 Å². The summed E-state index contributed by atoms with van der Waals surface area (Å²) in [5.74, 6) is 1.99. The summed E-state index contributed by atoms with van der Waals surface area (Å²) in [5, 5.41) is 0. The van der Waals surface area contributed by atoms with Gasteiger partial charge < -0.3 is 4.74 Å². The number of ketones is 1. The Hall–Kier alpha value is -2.09. The third kappa shape index (κ3) is 3.52. The molecule has 1 aliphatic carbocycles. The molecule has 2 aromatic rings. The predicted octanol–water partition coefficient (Wildman–Crippen LogP) is 7.40. The van der Waals surface area contributed by atoms with Gasteiger partial charge in [-0.15, -0.1) is 0 Å². The van der Waals surface area contributed by atoms with Crippen molar-refractivity contribution in [3.8, 4) is 16.9 Å². The molecule has 0 bridgehead atoms. The molecule has 0 fully saturated rings. The summed E-state index contributed by atoms with van der Waals surface area (Å²) < 4.78 is 5.80. The van der Waals surface area contributed by atoms with Crippen LogP contribution in [0.3, 0.4) is 0 Å². The maximum Gasteiger partial charge on any atom is 0.169 e. The van der Waals surface area contributed by atoms with Crippen molar-refractivity contribution in [2.45, 2.75) is 73.6 Å². The number of carbonyl (C=O) groups is 1. The first-order chi connectivity index (χ1) is 13.4. The Kier molecular flexibility index (Phi) is 5.45. The van der Waals surface area contributed by atoms with E-state index in [2.05, 4.69) is 73.6 Å². The zero-order chi connectivity index (χ0) is 21.7. The fourth-order valence-electron chi connectivity index (χ4n) is 4.33. The van der Waals surface area contributed by atoms with Crippen molar-refractivity contribution < 1.29 is 9.53 Å². The molecule has 1 atom stereocenters. The number of benzene rings is 2. The van der Waals surface area contributed by atoms with Gasteiger partial charge in [-0.2, -0.15) is 0 Å². The van der Waals surface area contributed by atoms with E-state index in [1.807, 2.05) is 12.1 Å². The van der Waals surface area contributed by atoms with Crippen molar-refractivity contribution in [3.63, 3.8) is 0 Å². The first kappa shape index (κ1) is 21.6. The molecule has 0 amide bonds. The van der Waals surface area contributed by atoms with Crippen LogP contribution in [0.25, 0.3) is 11.1 Å². The van der Waals surface area contributed by atoms with Crippen LogP contribution in [0.2, 0.25) is 0 Å². The van der Waals surface area contributed by atoms with E-state index >= 15 is 0 Å². The minimum absolute atomic E-state index is 0.115. The van der Waals surface area contributed by atoms with Gasteiger partial charge in [-0.3, -0.25) is 4.79 Å². The largest absolute Gasteiger partial charge is 0.496 e. The van der Waals surface area contributed by atoms with Crippen LogP contribution in [0.5, 0.6) is 5.75 Å². The van der Waals surface area contributed by atoms with Crippen LogP contribution in [0.4, 0.5) is 0 Å². The maximum atomic E-state index is 13.5. The highest BCUT2D eigenvalue weighted by molar-refractivity contribution is 6.07. The number of hydrogen-bond acceptors (Lipinski definition) is 2. The van der Waals surface area contributed by atoms with Gasteiger partial charge in [-0.05, 0) is 58.1 Å². The van der Waals surface area contributed by atoms with E-state index in [1.165, 1.54) is 16.7 Å². The lowest BCUT2D eigenvalue weighted by atomic mass is 9.65. The van der Waals surface area contributed by atoms with E-state index in [0.29, 0.717) is 11.8 Å². The van der Waals surface area contributed by atoms with E-state index in [4.69, 9.17) is 4.74 Å². The topological polar surface area (TPSA) is 26.3 Å². The standard InChI is InChI=1S/C27H36O2/c1-16(2)18-12-19(17(3)4)14-20(13-18)24-22-15-27(8,26(5,6)7)25(28)21(22)10-11-23(24)29-9/h10-14,16-17H,15H2,1-9H3. The lowest BCUT2D eigenvalue weighted by molar-refractivity contribution is 0.0612. The monoisotopic (exact) mass is 392 g/mol. The van der Waals surface area contributed by atoms with Gasteiger partial charge in [0.1, 0.15) is 5.75 Å². The van der Waals surface area contributed by atoms with Crippen molar-refractivity contribution in [3.05, 3.63) is 52.6 Å². The van der Waals surface area contributed by atoms with Gasteiger partial charge in [0.25, 0.3) is 0 Å². The van der Waals surface area contributed by atoms with Crippen molar-refractivity contribution in [1.82, 2.24) is 0 Å². The van der Waals surface area contributed by atoms with Crippen LogP contribution in [0.1, 0.15) is 94.3 Å². The summed E-state index contributed by atoms with van der Waals surface area (Å²) in [6, 6.07) is 10.8. The summed E-state index contributed by atoms with van der Waals surface area (Å²) in [6.07, 6.45) is 0.750. The van der Waals surface area contributed by atoms with Gasteiger partial charge in [0.05, 0.1) is 7.11 Å². The molecule has 0 radical (unpaired) electrons. The Morgan fingerprint density at radius 2 is 1.52 bits per heavy atom. The normalized spacial score (nSPS) is 19.2. The first-order valence-corrected chi connectivity index (χ1v) is 10.8. The lowest BCUT2D eigenvalue weighted by Gasteiger charge is -2.37. The summed E-state index contributed by atoms with van der Waals surface area (Å²) in [6.45, 7) is 17.6. The summed E-state index contributed by atoms with van der Waals surface area (Å²) in [5.41, 5.74) is 6.39. The number of fused-ring (bicyclic) bond motifs is 1. The van der Waals surface area contributed by atoms with E-state index in [0.717, 1.165) is 28.9 Å². The summed E-state index contributed by atoms with van der Waals surface area (Å²) in [7, 11) is 1.72. The fourth-order valence-corrected chi connectivity index (χ4v) is 4.33. The highest BCUT2D eigenvalue weighted by atomic mass is 16.5. The van der Waals surface area contributed by atoms with Crippen LogP contribution >= 0.6 is 0 Å². The third-order valence-electron chi connectivity index (χ3n) is 7.03. The van der Waals surface area contributed by atoms with E-state index in [1.54, 1.807) is 7.11 Å². The molecule has 3 rings (SSSR count). The Bertz CT molecular complexity index is 917. The molecule has 0 aliphatic heterocycles. The molecule has 0 spiro atoms. The molecule has 29 heavy (non-hydrogen) atoms. The minimum Gasteiger partial charge on any atom is -0.496 e. The second kappa shape index (κ2) is 7.31. The summed E-state index contributed by atoms with van der Waals surface area (Å²) >= 11 is 0. The van der Waals surface area contributed by atoms with E-state index in [-0.39, 0.29) is 11.2 Å². The number of methoxy groups -OCH3 is 1. The SMILES string of the molecule is COc1ccc2c(c1-c1cc(C(C)C)cc(C(C)C)c1)CC(C)(C(C)(C)C)C2=O. The van der Waals surface area contributed by atoms with Crippen LogP contribution in [0.15, 0.2) is 30.3 Å². The van der Waals surface area contributed by atoms with Crippen LogP contribution in [0, 0.1) is 10.8 Å². The molecule has 2 heteroatoms. The molecular weight excluding hydrogens is 356 g/mol. The Morgan fingerprint density at radius 1 is 0.966 bits per heavy atom. The van der Waals surface area contributed by atoms with Crippen molar-refractivity contribution in [2.24, 2.45) is 10.8 Å². The molecule has 1 unspecified atom stereocenters. The highest BCUT2D eigenvalue weighted by Gasteiger charge is 2.50. The number of carbonyl (C=O) groups excluding carboxylic acids is 1. The van der Waals surface area contributed by atoms with Gasteiger partial charge in [-0.25, -0.2) is 0 Å². The summed E-state index contributed by atoms with van der Waals surface area (Å²) in [4.78, 5) is 13.5. The van der Waals surface area contributed by atoms with Gasteiger partial charge in [0.2, 0.25) is 0 Å². The second-order valence-corrected chi connectivity index (χ2v) is 10.5.